The van der Waals surface area contributed by atoms with E-state index >= 15 is 0 Å². The second-order valence-corrected chi connectivity index (χ2v) is 9.09. The topological polar surface area (TPSA) is 95.9 Å². The van der Waals surface area contributed by atoms with Gasteiger partial charge in [0.05, 0.1) is 18.4 Å². The number of aliphatic hydroxyl groups is 1. The van der Waals surface area contributed by atoms with Gasteiger partial charge in [-0.2, -0.15) is 0 Å². The fourth-order valence-electron chi connectivity index (χ4n) is 5.62. The molecule has 7 heteroatoms. The van der Waals surface area contributed by atoms with Crippen molar-refractivity contribution in [3.8, 4) is 0 Å². The number of unbranched alkanes of at least 4 members (excludes halogenated alkanes) is 1. The van der Waals surface area contributed by atoms with Gasteiger partial charge in [-0.25, -0.2) is 0 Å². The molecule has 5 atom stereocenters. The van der Waals surface area contributed by atoms with E-state index in [9.17, 15) is 19.5 Å². The average molecular weight is 435 g/mol. The molecule has 1 saturated heterocycles. The predicted octanol–water partition coefficient (Wildman–Crippen LogP) is 2.43. The van der Waals surface area contributed by atoms with Gasteiger partial charge in [-0.1, -0.05) is 38.3 Å². The number of esters is 1. The Labute approximate surface area is 185 Å². The molecule has 2 aliphatic carbocycles. The third kappa shape index (κ3) is 5.13. The summed E-state index contributed by atoms with van der Waals surface area (Å²) < 4.78 is 5.34. The Balaban J connectivity index is 1.88. The van der Waals surface area contributed by atoms with Crippen molar-refractivity contribution in [3.63, 3.8) is 0 Å². The van der Waals surface area contributed by atoms with Crippen LogP contribution in [0.25, 0.3) is 0 Å². The molecular weight excluding hydrogens is 396 g/mol. The smallest absolute Gasteiger partial charge is 0.310 e. The quantitative estimate of drug-likeness (QED) is 0.330. The molecule has 1 heterocycles. The first-order chi connectivity index (χ1) is 15.0. The van der Waals surface area contributed by atoms with Crippen LogP contribution in [-0.4, -0.2) is 59.6 Å². The number of hydrogen-bond acceptors (Lipinski definition) is 5. The molecule has 0 bridgehead atoms. The van der Waals surface area contributed by atoms with Crippen molar-refractivity contribution in [1.29, 1.82) is 0 Å². The van der Waals surface area contributed by atoms with Crippen molar-refractivity contribution in [2.45, 2.75) is 77.3 Å². The zero-order valence-electron chi connectivity index (χ0n) is 18.9. The first kappa shape index (κ1) is 23.8. The number of aliphatic hydroxyl groups excluding tert-OH is 1. The minimum atomic E-state index is -0.607. The SMILES string of the molecule is CCOC(=O)[C@H]1[C@@H]2C(=O)N(CCCCO)[C@H](C(=O)NC3CCCCC3)[C@H]2C=C[C@H]1CC. The molecule has 3 rings (SSSR count). The summed E-state index contributed by atoms with van der Waals surface area (Å²) in [6.45, 7) is 4.51. The van der Waals surface area contributed by atoms with Crippen LogP contribution in [-0.2, 0) is 19.1 Å². The van der Waals surface area contributed by atoms with Gasteiger partial charge < -0.3 is 20.1 Å². The van der Waals surface area contributed by atoms with E-state index in [0.717, 1.165) is 32.1 Å². The third-order valence-corrected chi connectivity index (χ3v) is 7.17. The highest BCUT2D eigenvalue weighted by atomic mass is 16.5. The number of carbonyl (C=O) groups is 3. The number of amides is 2. The van der Waals surface area contributed by atoms with E-state index in [4.69, 9.17) is 4.74 Å². The minimum absolute atomic E-state index is 0.0527. The highest BCUT2D eigenvalue weighted by molar-refractivity contribution is 5.96. The van der Waals surface area contributed by atoms with Crippen LogP contribution in [0, 0.1) is 23.7 Å². The van der Waals surface area contributed by atoms with Gasteiger partial charge in [-0.15, -0.1) is 0 Å². The number of nitrogens with one attached hydrogen (secondary N) is 1. The average Bonchev–Trinajstić information content (AvgIpc) is 3.06. The maximum atomic E-state index is 13.6. The first-order valence-corrected chi connectivity index (χ1v) is 12.1. The predicted molar refractivity (Wildman–Crippen MR) is 117 cm³/mol. The van der Waals surface area contributed by atoms with Crippen molar-refractivity contribution in [1.82, 2.24) is 10.2 Å². The molecular formula is C24H38N2O5. The lowest BCUT2D eigenvalue weighted by atomic mass is 9.69. The zero-order valence-corrected chi connectivity index (χ0v) is 18.9. The number of allylic oxidation sites excluding steroid dienone is 1. The van der Waals surface area contributed by atoms with Crippen LogP contribution in [0.2, 0.25) is 0 Å². The summed E-state index contributed by atoms with van der Waals surface area (Å²) in [4.78, 5) is 41.5. The molecule has 2 fully saturated rings. The van der Waals surface area contributed by atoms with E-state index in [1.165, 1.54) is 6.42 Å². The molecule has 3 aliphatic rings. The molecule has 7 nitrogen and oxygen atoms in total. The molecule has 0 spiro atoms. The van der Waals surface area contributed by atoms with Crippen molar-refractivity contribution >= 4 is 17.8 Å². The van der Waals surface area contributed by atoms with Crippen LogP contribution in [0.5, 0.6) is 0 Å². The van der Waals surface area contributed by atoms with Crippen LogP contribution in [0.15, 0.2) is 12.2 Å². The van der Waals surface area contributed by atoms with Gasteiger partial charge in [-0.3, -0.25) is 14.4 Å². The standard InChI is InChI=1S/C24H38N2O5/c1-3-16-12-13-18-20(19(16)24(30)31-4-2)23(29)26(14-8-9-15-27)21(18)22(28)25-17-10-6-5-7-11-17/h12-13,16-21,27H,3-11,14-15H2,1-2H3,(H,25,28)/t16-,18+,19-,20-,21+/m1/s1. The van der Waals surface area contributed by atoms with Crippen molar-refractivity contribution in [3.05, 3.63) is 12.2 Å². The van der Waals surface area contributed by atoms with E-state index in [-0.39, 0.29) is 48.9 Å². The van der Waals surface area contributed by atoms with Gasteiger partial charge in [0, 0.05) is 25.1 Å². The molecule has 0 aromatic rings. The molecule has 1 saturated carbocycles. The fourth-order valence-corrected chi connectivity index (χ4v) is 5.62. The molecule has 174 valence electrons. The Bertz CT molecular complexity index is 673. The monoisotopic (exact) mass is 434 g/mol. The molecule has 31 heavy (non-hydrogen) atoms. The number of nitrogens with zero attached hydrogens (tertiary/aromatic N) is 1. The summed E-state index contributed by atoms with van der Waals surface area (Å²) in [5, 5.41) is 12.4. The summed E-state index contributed by atoms with van der Waals surface area (Å²) in [5.74, 6) is -2.10. The molecule has 0 unspecified atom stereocenters. The maximum Gasteiger partial charge on any atom is 0.310 e. The van der Waals surface area contributed by atoms with Crippen LogP contribution < -0.4 is 5.32 Å². The molecule has 2 amide bonds. The number of likely N-dealkylation sites (tertiary alicyclic amines) is 1. The number of ether oxygens (including phenoxy) is 1. The summed E-state index contributed by atoms with van der Waals surface area (Å²) in [5.41, 5.74) is 0. The summed E-state index contributed by atoms with van der Waals surface area (Å²) in [6, 6.07) is -0.449. The van der Waals surface area contributed by atoms with E-state index in [1.807, 2.05) is 19.1 Å². The first-order valence-electron chi connectivity index (χ1n) is 12.1. The Kier molecular flexibility index (Phi) is 8.52. The molecule has 0 radical (unpaired) electrons. The number of hydrogen-bond donors (Lipinski definition) is 2. The Morgan fingerprint density at radius 1 is 1.16 bits per heavy atom. The van der Waals surface area contributed by atoms with Crippen molar-refractivity contribution in [2.24, 2.45) is 23.7 Å². The summed E-state index contributed by atoms with van der Waals surface area (Å²) in [6.07, 6.45) is 11.3. The normalized spacial score (nSPS) is 30.9. The van der Waals surface area contributed by atoms with Gasteiger partial charge >= 0.3 is 5.97 Å². The Morgan fingerprint density at radius 2 is 1.90 bits per heavy atom. The van der Waals surface area contributed by atoms with E-state index < -0.39 is 17.9 Å². The van der Waals surface area contributed by atoms with Crippen molar-refractivity contribution in [2.75, 3.05) is 19.8 Å². The number of rotatable bonds is 9. The van der Waals surface area contributed by atoms with Crippen LogP contribution in [0.4, 0.5) is 0 Å². The number of fused-ring (bicyclic) bond motifs is 1. The highest BCUT2D eigenvalue weighted by Crippen LogP contribution is 2.45. The zero-order chi connectivity index (χ0) is 22.4. The van der Waals surface area contributed by atoms with E-state index in [2.05, 4.69) is 5.32 Å². The molecule has 1 aliphatic heterocycles. The summed E-state index contributed by atoms with van der Waals surface area (Å²) >= 11 is 0. The fraction of sp³-hybridized carbons (Fsp3) is 0.792. The van der Waals surface area contributed by atoms with Gasteiger partial charge in [-0.05, 0) is 44.9 Å². The number of carbonyl (C=O) groups excluding carboxylic acids is 3. The highest BCUT2D eigenvalue weighted by Gasteiger charge is 2.57. The second-order valence-electron chi connectivity index (χ2n) is 9.09. The molecule has 0 aromatic heterocycles. The van der Waals surface area contributed by atoms with Crippen LogP contribution in [0.3, 0.4) is 0 Å². The lowest BCUT2D eigenvalue weighted by molar-refractivity contribution is -0.155. The van der Waals surface area contributed by atoms with Crippen LogP contribution >= 0.6 is 0 Å². The summed E-state index contributed by atoms with van der Waals surface area (Å²) in [7, 11) is 0. The lowest BCUT2D eigenvalue weighted by Crippen LogP contribution is -2.50. The lowest BCUT2D eigenvalue weighted by Gasteiger charge is -2.34. The van der Waals surface area contributed by atoms with Gasteiger partial charge in [0.15, 0.2) is 0 Å². The van der Waals surface area contributed by atoms with Crippen molar-refractivity contribution < 1.29 is 24.2 Å². The molecule has 0 aromatic carbocycles. The van der Waals surface area contributed by atoms with E-state index in [1.54, 1.807) is 11.8 Å². The Hall–Kier alpha value is -1.89. The second kappa shape index (κ2) is 11.1. The van der Waals surface area contributed by atoms with Gasteiger partial charge in [0.1, 0.15) is 6.04 Å². The maximum absolute atomic E-state index is 13.6. The van der Waals surface area contributed by atoms with Gasteiger partial charge in [0.25, 0.3) is 0 Å². The minimum Gasteiger partial charge on any atom is -0.466 e. The van der Waals surface area contributed by atoms with Crippen LogP contribution in [0.1, 0.15) is 65.2 Å². The van der Waals surface area contributed by atoms with Gasteiger partial charge in [0.2, 0.25) is 11.8 Å². The van der Waals surface area contributed by atoms with E-state index in [0.29, 0.717) is 19.4 Å². The largest absolute Gasteiger partial charge is 0.466 e. The molecule has 2 N–H and O–H groups in total. The Morgan fingerprint density at radius 3 is 2.55 bits per heavy atom. The third-order valence-electron chi connectivity index (χ3n) is 7.17.